The number of halogens is 2. The fourth-order valence-electron chi connectivity index (χ4n) is 7.37. The lowest BCUT2D eigenvalue weighted by Gasteiger charge is -2.37. The number of ether oxygens (including phenoxy) is 3. The number of hydrogen-bond donors (Lipinski definition) is 1. The number of alkyl carbamates (subject to hydrolysis) is 1. The average Bonchev–Trinajstić information content (AvgIpc) is 3.54. The number of fused-ring (bicyclic) bond motifs is 5. The van der Waals surface area contributed by atoms with Crippen molar-refractivity contribution < 1.29 is 37.4 Å². The van der Waals surface area contributed by atoms with E-state index in [2.05, 4.69) is 15.3 Å². The van der Waals surface area contributed by atoms with E-state index in [4.69, 9.17) is 14.2 Å². The van der Waals surface area contributed by atoms with E-state index in [1.54, 1.807) is 18.2 Å². The second-order valence-corrected chi connectivity index (χ2v) is 14.3. The smallest absolute Gasteiger partial charge is 0.408 e. The van der Waals surface area contributed by atoms with E-state index in [0.717, 1.165) is 12.8 Å². The topological polar surface area (TPSA) is 120 Å². The maximum atomic E-state index is 16.1. The van der Waals surface area contributed by atoms with Crippen LogP contribution in [0.2, 0.25) is 0 Å². The molecule has 10 nitrogen and oxygen atoms in total. The summed E-state index contributed by atoms with van der Waals surface area (Å²) in [5.41, 5.74) is -1.50. The first-order valence-corrected chi connectivity index (χ1v) is 16.4. The van der Waals surface area contributed by atoms with Crippen LogP contribution in [0.5, 0.6) is 11.6 Å². The van der Waals surface area contributed by atoms with Gasteiger partial charge in [0.15, 0.2) is 5.69 Å². The van der Waals surface area contributed by atoms with Crippen LogP contribution in [0.1, 0.15) is 91.7 Å². The van der Waals surface area contributed by atoms with Gasteiger partial charge in [0.25, 0.3) is 5.92 Å². The zero-order chi connectivity index (χ0) is 33.4. The molecule has 2 aromatic rings. The highest BCUT2D eigenvalue weighted by Crippen LogP contribution is 2.44. The normalized spacial score (nSPS) is 30.7. The van der Waals surface area contributed by atoms with Gasteiger partial charge in [-0.05, 0) is 68.9 Å². The summed E-state index contributed by atoms with van der Waals surface area (Å²) < 4.78 is 49.8. The molecule has 1 N–H and O–H groups in total. The number of nitrogens with zero attached hydrogens (tertiary/aromatic N) is 3. The molecule has 0 unspecified atom stereocenters. The van der Waals surface area contributed by atoms with Gasteiger partial charge in [0.2, 0.25) is 11.8 Å². The van der Waals surface area contributed by atoms with E-state index < -0.39 is 65.2 Å². The standard InChI is InChI=1S/C34H46F2N4O6/c1-7-22-25(19-41)40-18-26(22)45-29-27(37-23-14-13-21(44-6)17-24(23)38-29)34(35,36)16-9-8-11-20-12-10-15-33(20,5)46-31(43)39-28(30(40)42)32(2,3)4/h13-14,17,19-20,22,25-26,28H,7-12,15-16,18H2,1-6H3,(H,39,43)/t20-,22+,25-,26+,28-,33-/m1/s1. The van der Waals surface area contributed by atoms with Crippen molar-refractivity contribution in [3.8, 4) is 11.6 Å². The minimum atomic E-state index is -3.37. The van der Waals surface area contributed by atoms with Crippen molar-refractivity contribution in [1.82, 2.24) is 20.2 Å². The summed E-state index contributed by atoms with van der Waals surface area (Å²) in [5.74, 6) is -4.20. The molecule has 1 saturated heterocycles. The predicted octanol–water partition coefficient (Wildman–Crippen LogP) is 6.19. The lowest BCUT2D eigenvalue weighted by atomic mass is 9.85. The van der Waals surface area contributed by atoms with Gasteiger partial charge in [0.1, 0.15) is 29.8 Å². The van der Waals surface area contributed by atoms with E-state index in [0.29, 0.717) is 43.2 Å². The molecule has 6 atom stereocenters. The number of amides is 2. The van der Waals surface area contributed by atoms with Crippen LogP contribution >= 0.6 is 0 Å². The third kappa shape index (κ3) is 6.62. The van der Waals surface area contributed by atoms with Gasteiger partial charge < -0.3 is 29.2 Å². The monoisotopic (exact) mass is 644 g/mol. The van der Waals surface area contributed by atoms with Crippen LogP contribution in [0.15, 0.2) is 18.2 Å². The maximum Gasteiger partial charge on any atom is 0.408 e. The minimum absolute atomic E-state index is 0.00650. The van der Waals surface area contributed by atoms with Crippen molar-refractivity contribution in [3.63, 3.8) is 0 Å². The number of carbonyl (C=O) groups excluding carboxylic acids is 3. The molecular formula is C34H46F2N4O6. The number of aldehydes is 1. The first kappa shape index (κ1) is 33.8. The lowest BCUT2D eigenvalue weighted by Crippen LogP contribution is -2.57. The third-order valence-electron chi connectivity index (χ3n) is 10.1. The zero-order valence-corrected chi connectivity index (χ0v) is 27.6. The Hall–Kier alpha value is -3.57. The summed E-state index contributed by atoms with van der Waals surface area (Å²) in [6.45, 7) is 9.15. The summed E-state index contributed by atoms with van der Waals surface area (Å²) in [6, 6.07) is 2.90. The Kier molecular flexibility index (Phi) is 9.48. The van der Waals surface area contributed by atoms with Gasteiger partial charge in [-0.2, -0.15) is 8.78 Å². The molecule has 0 radical (unpaired) electrons. The molecule has 1 aliphatic carbocycles. The van der Waals surface area contributed by atoms with E-state index in [1.165, 1.54) is 12.0 Å². The van der Waals surface area contributed by atoms with Crippen molar-refractivity contribution in [2.24, 2.45) is 17.3 Å². The Morgan fingerprint density at radius 1 is 1.11 bits per heavy atom. The van der Waals surface area contributed by atoms with Crippen LogP contribution in [-0.2, 0) is 20.2 Å². The van der Waals surface area contributed by atoms with Crippen molar-refractivity contribution in [2.75, 3.05) is 13.7 Å². The van der Waals surface area contributed by atoms with Gasteiger partial charge in [-0.3, -0.25) is 4.79 Å². The molecule has 46 heavy (non-hydrogen) atoms. The molecule has 1 aromatic heterocycles. The van der Waals surface area contributed by atoms with E-state index in [-0.39, 0.29) is 30.3 Å². The zero-order valence-electron chi connectivity index (χ0n) is 27.6. The quantitative estimate of drug-likeness (QED) is 0.393. The van der Waals surface area contributed by atoms with Crippen molar-refractivity contribution in [2.45, 2.75) is 116 Å². The summed E-state index contributed by atoms with van der Waals surface area (Å²) >= 11 is 0. The van der Waals surface area contributed by atoms with Crippen LogP contribution in [0.4, 0.5) is 13.6 Å². The van der Waals surface area contributed by atoms with Crippen molar-refractivity contribution >= 4 is 29.3 Å². The van der Waals surface area contributed by atoms with Gasteiger partial charge in [-0.15, -0.1) is 0 Å². The minimum Gasteiger partial charge on any atom is -0.497 e. The van der Waals surface area contributed by atoms with Crippen molar-refractivity contribution in [1.29, 1.82) is 0 Å². The van der Waals surface area contributed by atoms with Gasteiger partial charge in [0.05, 0.1) is 30.7 Å². The first-order valence-electron chi connectivity index (χ1n) is 16.4. The molecule has 3 heterocycles. The summed E-state index contributed by atoms with van der Waals surface area (Å²) in [5, 5.41) is 2.82. The Balaban J connectivity index is 1.60. The Bertz CT molecular complexity index is 1470. The maximum absolute atomic E-state index is 16.1. The highest BCUT2D eigenvalue weighted by Gasteiger charge is 2.50. The molecule has 2 fully saturated rings. The van der Waals surface area contributed by atoms with Gasteiger partial charge in [0, 0.05) is 18.4 Å². The van der Waals surface area contributed by atoms with E-state index in [1.807, 2.05) is 34.6 Å². The van der Waals surface area contributed by atoms with Crippen LogP contribution < -0.4 is 14.8 Å². The Morgan fingerprint density at radius 2 is 1.85 bits per heavy atom. The number of nitrogens with one attached hydrogen (secondary N) is 1. The van der Waals surface area contributed by atoms with E-state index >= 15 is 8.78 Å². The molecule has 2 aliphatic heterocycles. The van der Waals surface area contributed by atoms with Crippen LogP contribution in [0, 0.1) is 17.3 Å². The predicted molar refractivity (Wildman–Crippen MR) is 167 cm³/mol. The SMILES string of the molecule is CC[C@@H]1[C@@H]2CN(C(=O)[C@H](C(C)(C)C)NC(=O)O[C@]3(C)CCC[C@H]3CCCCC(F)(F)c3nc4ccc(OC)cc4nc3O2)[C@@H]1C=O. The number of carbonyl (C=O) groups is 3. The van der Waals surface area contributed by atoms with Gasteiger partial charge >= 0.3 is 6.09 Å². The highest BCUT2D eigenvalue weighted by atomic mass is 19.3. The second-order valence-electron chi connectivity index (χ2n) is 14.3. The lowest BCUT2D eigenvalue weighted by molar-refractivity contribution is -0.139. The third-order valence-corrected chi connectivity index (χ3v) is 10.1. The van der Waals surface area contributed by atoms with E-state index in [9.17, 15) is 14.4 Å². The summed E-state index contributed by atoms with van der Waals surface area (Å²) in [7, 11) is 1.50. The Labute approximate surface area is 268 Å². The molecule has 2 amide bonds. The second kappa shape index (κ2) is 12.9. The molecule has 1 aromatic carbocycles. The molecule has 5 rings (SSSR count). The van der Waals surface area contributed by atoms with Gasteiger partial charge in [-0.25, -0.2) is 14.8 Å². The number of hydrogen-bond acceptors (Lipinski definition) is 8. The average molecular weight is 645 g/mol. The molecular weight excluding hydrogens is 598 g/mol. The molecule has 3 aliphatic rings. The fraction of sp³-hybridized carbons (Fsp3) is 0.676. The molecule has 0 spiro atoms. The molecule has 252 valence electrons. The molecule has 2 bridgehead atoms. The number of alkyl halides is 2. The van der Waals surface area contributed by atoms with Crippen LogP contribution in [0.25, 0.3) is 11.0 Å². The molecule has 1 saturated carbocycles. The number of aromatic nitrogens is 2. The summed E-state index contributed by atoms with van der Waals surface area (Å²) in [4.78, 5) is 50.4. The molecule has 12 heteroatoms. The Morgan fingerprint density at radius 3 is 2.52 bits per heavy atom. The fourth-order valence-corrected chi connectivity index (χ4v) is 7.37. The highest BCUT2D eigenvalue weighted by molar-refractivity contribution is 5.89. The number of methoxy groups -OCH3 is 1. The van der Waals surface area contributed by atoms with Crippen molar-refractivity contribution in [3.05, 3.63) is 23.9 Å². The van der Waals surface area contributed by atoms with Gasteiger partial charge in [-0.1, -0.05) is 34.1 Å². The summed E-state index contributed by atoms with van der Waals surface area (Å²) in [6.07, 6.45) is 2.75. The number of rotatable bonds is 3. The van der Waals surface area contributed by atoms with Crippen LogP contribution in [0.3, 0.4) is 0 Å². The van der Waals surface area contributed by atoms with Crippen LogP contribution in [-0.4, -0.2) is 70.6 Å². The largest absolute Gasteiger partial charge is 0.497 e. The first-order chi connectivity index (χ1) is 21.7. The number of benzene rings is 1.